The first-order valence-corrected chi connectivity index (χ1v) is 6.95. The van der Waals surface area contributed by atoms with Crippen molar-refractivity contribution in [3.8, 4) is 11.4 Å². The third-order valence-corrected chi connectivity index (χ3v) is 4.10. The maximum absolute atomic E-state index is 4.50. The zero-order valence-corrected chi connectivity index (χ0v) is 10.1. The molecule has 0 unspecified atom stereocenters. The third kappa shape index (κ3) is 1.80. The number of hydrogen-bond donors (Lipinski definition) is 0. The van der Waals surface area contributed by atoms with Gasteiger partial charge in [-0.15, -0.1) is 0 Å². The highest BCUT2D eigenvalue weighted by Crippen LogP contribution is 2.32. The van der Waals surface area contributed by atoms with Crippen LogP contribution in [0.4, 0.5) is 0 Å². The maximum atomic E-state index is 4.50. The van der Waals surface area contributed by atoms with Gasteiger partial charge in [0.05, 0.1) is 0 Å². The van der Waals surface area contributed by atoms with Crippen LogP contribution in [0.5, 0.6) is 0 Å². The van der Waals surface area contributed by atoms with Crippen molar-refractivity contribution in [1.82, 2.24) is 9.55 Å². The minimum absolute atomic E-state index is 0.672. The molecule has 1 aliphatic rings. The van der Waals surface area contributed by atoms with E-state index in [2.05, 4.69) is 32.6 Å². The quantitative estimate of drug-likeness (QED) is 0.761. The number of nitrogens with zero attached hydrogens (tertiary/aromatic N) is 2. The van der Waals surface area contributed by atoms with Crippen molar-refractivity contribution in [1.29, 1.82) is 0 Å². The molecular weight excluding hydrogens is 216 g/mol. The molecule has 1 fully saturated rings. The molecule has 0 radical (unpaired) electrons. The van der Waals surface area contributed by atoms with Gasteiger partial charge in [-0.1, -0.05) is 19.3 Å². The van der Waals surface area contributed by atoms with Gasteiger partial charge in [0.15, 0.2) is 0 Å². The molecule has 0 aromatic carbocycles. The predicted octanol–water partition coefficient (Wildman–Crippen LogP) is 4.12. The predicted molar refractivity (Wildman–Crippen MR) is 67.7 cm³/mol. The van der Waals surface area contributed by atoms with E-state index < -0.39 is 0 Å². The van der Waals surface area contributed by atoms with E-state index in [1.54, 1.807) is 11.3 Å². The van der Waals surface area contributed by atoms with Crippen molar-refractivity contribution in [3.63, 3.8) is 0 Å². The van der Waals surface area contributed by atoms with Crippen LogP contribution in [0, 0.1) is 0 Å². The summed E-state index contributed by atoms with van der Waals surface area (Å²) in [7, 11) is 0. The fourth-order valence-electron chi connectivity index (χ4n) is 2.58. The van der Waals surface area contributed by atoms with Gasteiger partial charge in [-0.2, -0.15) is 11.3 Å². The van der Waals surface area contributed by atoms with Gasteiger partial charge in [-0.25, -0.2) is 4.98 Å². The highest BCUT2D eigenvalue weighted by Gasteiger charge is 2.18. The Morgan fingerprint density at radius 2 is 2.12 bits per heavy atom. The molecule has 0 bridgehead atoms. The van der Waals surface area contributed by atoms with E-state index in [4.69, 9.17) is 0 Å². The number of rotatable bonds is 2. The maximum Gasteiger partial charge on any atom is 0.140 e. The summed E-state index contributed by atoms with van der Waals surface area (Å²) >= 11 is 1.74. The first-order chi connectivity index (χ1) is 7.95. The van der Waals surface area contributed by atoms with E-state index in [0.29, 0.717) is 6.04 Å². The average Bonchev–Trinajstić information content (AvgIpc) is 3.01. The van der Waals surface area contributed by atoms with Crippen LogP contribution in [0.1, 0.15) is 38.1 Å². The highest BCUT2D eigenvalue weighted by molar-refractivity contribution is 7.08. The van der Waals surface area contributed by atoms with Crippen LogP contribution in [-0.2, 0) is 0 Å². The topological polar surface area (TPSA) is 17.8 Å². The van der Waals surface area contributed by atoms with Gasteiger partial charge in [-0.3, -0.25) is 0 Å². The van der Waals surface area contributed by atoms with E-state index in [-0.39, 0.29) is 0 Å². The molecule has 3 heteroatoms. The van der Waals surface area contributed by atoms with Crippen LogP contribution < -0.4 is 0 Å². The summed E-state index contributed by atoms with van der Waals surface area (Å²) in [5.74, 6) is 1.15. The Kier molecular flexibility index (Phi) is 2.79. The molecule has 84 valence electrons. The van der Waals surface area contributed by atoms with Crippen molar-refractivity contribution < 1.29 is 0 Å². The van der Waals surface area contributed by atoms with Crippen molar-refractivity contribution in [2.45, 2.75) is 38.1 Å². The lowest BCUT2D eigenvalue weighted by Gasteiger charge is -2.24. The van der Waals surface area contributed by atoms with Crippen molar-refractivity contribution >= 4 is 11.3 Å². The molecule has 2 aromatic heterocycles. The monoisotopic (exact) mass is 232 g/mol. The summed E-state index contributed by atoms with van der Waals surface area (Å²) in [6.07, 6.45) is 10.8. The van der Waals surface area contributed by atoms with E-state index in [9.17, 15) is 0 Å². The molecule has 16 heavy (non-hydrogen) atoms. The minimum atomic E-state index is 0.672. The van der Waals surface area contributed by atoms with Crippen LogP contribution in [0.15, 0.2) is 29.2 Å². The Bertz CT molecular complexity index is 438. The van der Waals surface area contributed by atoms with Gasteiger partial charge in [0.2, 0.25) is 0 Å². The summed E-state index contributed by atoms with van der Waals surface area (Å²) in [5, 5.41) is 4.30. The number of aromatic nitrogens is 2. The van der Waals surface area contributed by atoms with Gasteiger partial charge in [0.1, 0.15) is 5.82 Å². The standard InChI is InChI=1S/C13H16N2S/c1-2-4-12(5-3-1)15-8-7-14-13(15)11-6-9-16-10-11/h6-10,12H,1-5H2. The molecule has 0 saturated heterocycles. The van der Waals surface area contributed by atoms with E-state index >= 15 is 0 Å². The largest absolute Gasteiger partial charge is 0.328 e. The molecule has 2 heterocycles. The zero-order valence-electron chi connectivity index (χ0n) is 9.30. The Labute approximate surface area is 100.0 Å². The zero-order chi connectivity index (χ0) is 10.8. The summed E-state index contributed by atoms with van der Waals surface area (Å²) in [4.78, 5) is 4.50. The normalized spacial score (nSPS) is 17.8. The van der Waals surface area contributed by atoms with E-state index in [1.165, 1.54) is 37.7 Å². The summed E-state index contributed by atoms with van der Waals surface area (Å²) in [6, 6.07) is 2.83. The lowest BCUT2D eigenvalue weighted by Crippen LogP contribution is -2.12. The Hall–Kier alpha value is -1.09. The van der Waals surface area contributed by atoms with Gasteiger partial charge in [0.25, 0.3) is 0 Å². The second-order valence-corrected chi connectivity index (χ2v) is 5.24. The fraction of sp³-hybridized carbons (Fsp3) is 0.462. The minimum Gasteiger partial charge on any atom is -0.328 e. The molecule has 2 aromatic rings. The molecule has 0 spiro atoms. The van der Waals surface area contributed by atoms with Crippen LogP contribution in [0.25, 0.3) is 11.4 Å². The molecule has 1 saturated carbocycles. The Morgan fingerprint density at radius 3 is 2.88 bits per heavy atom. The average molecular weight is 232 g/mol. The first kappa shape index (κ1) is 10.1. The molecule has 0 atom stereocenters. The van der Waals surface area contributed by atoms with Crippen LogP contribution >= 0.6 is 11.3 Å². The van der Waals surface area contributed by atoms with Gasteiger partial charge >= 0.3 is 0 Å². The van der Waals surface area contributed by atoms with E-state index in [1.807, 2.05) is 6.20 Å². The van der Waals surface area contributed by atoms with Gasteiger partial charge in [-0.05, 0) is 24.3 Å². The molecule has 0 N–H and O–H groups in total. The Morgan fingerprint density at radius 1 is 1.25 bits per heavy atom. The first-order valence-electron chi connectivity index (χ1n) is 6.00. The van der Waals surface area contributed by atoms with Crippen LogP contribution in [-0.4, -0.2) is 9.55 Å². The fourth-order valence-corrected chi connectivity index (χ4v) is 3.22. The number of imidazole rings is 1. The molecule has 3 rings (SSSR count). The van der Waals surface area contributed by atoms with Crippen molar-refractivity contribution in [2.24, 2.45) is 0 Å². The SMILES string of the molecule is c1cn(C2CCCCC2)c(-c2ccsc2)n1. The lowest BCUT2D eigenvalue weighted by molar-refractivity contribution is 0.355. The number of thiophene rings is 1. The molecule has 2 nitrogen and oxygen atoms in total. The lowest BCUT2D eigenvalue weighted by atomic mass is 9.95. The van der Waals surface area contributed by atoms with Crippen LogP contribution in [0.3, 0.4) is 0 Å². The van der Waals surface area contributed by atoms with E-state index in [0.717, 1.165) is 5.82 Å². The summed E-state index contributed by atoms with van der Waals surface area (Å²) in [6.45, 7) is 0. The van der Waals surface area contributed by atoms with Gasteiger partial charge < -0.3 is 4.57 Å². The molecule has 0 aliphatic heterocycles. The molecule has 1 aliphatic carbocycles. The number of hydrogen-bond acceptors (Lipinski definition) is 2. The third-order valence-electron chi connectivity index (χ3n) is 3.42. The van der Waals surface area contributed by atoms with Gasteiger partial charge in [0, 0.05) is 29.4 Å². The Balaban J connectivity index is 1.92. The summed E-state index contributed by atoms with van der Waals surface area (Å²) in [5.41, 5.74) is 1.26. The molecular formula is C13H16N2S. The second kappa shape index (κ2) is 4.42. The van der Waals surface area contributed by atoms with Crippen LogP contribution in [0.2, 0.25) is 0 Å². The summed E-state index contributed by atoms with van der Waals surface area (Å²) < 4.78 is 2.38. The highest BCUT2D eigenvalue weighted by atomic mass is 32.1. The van der Waals surface area contributed by atoms with Crippen molar-refractivity contribution in [3.05, 3.63) is 29.2 Å². The molecule has 0 amide bonds. The smallest absolute Gasteiger partial charge is 0.140 e. The second-order valence-electron chi connectivity index (χ2n) is 4.46. The van der Waals surface area contributed by atoms with Crippen molar-refractivity contribution in [2.75, 3.05) is 0 Å².